The highest BCUT2D eigenvalue weighted by atomic mass is 16.4. The fraction of sp³-hybridized carbons (Fsp3) is 0.867. The maximum absolute atomic E-state index is 12.5. The van der Waals surface area contributed by atoms with Gasteiger partial charge in [0.25, 0.3) is 0 Å². The van der Waals surface area contributed by atoms with E-state index in [4.69, 9.17) is 5.11 Å². The summed E-state index contributed by atoms with van der Waals surface area (Å²) in [4.78, 5) is 27.1. The summed E-state index contributed by atoms with van der Waals surface area (Å²) in [7, 11) is 0. The Bertz CT molecular complexity index is 338. The minimum atomic E-state index is -0.735. The number of likely N-dealkylation sites (tertiary alicyclic amines) is 2. The lowest BCUT2D eigenvalue weighted by Crippen LogP contribution is -2.47. The molecule has 1 unspecified atom stereocenters. The molecule has 0 spiro atoms. The molecule has 0 aromatic carbocycles. The van der Waals surface area contributed by atoms with Gasteiger partial charge in [0, 0.05) is 32.6 Å². The summed E-state index contributed by atoms with van der Waals surface area (Å²) < 4.78 is 0. The van der Waals surface area contributed by atoms with Crippen molar-refractivity contribution in [1.82, 2.24) is 9.80 Å². The average Bonchev–Trinajstić information content (AvgIpc) is 2.73. The Labute approximate surface area is 120 Å². The van der Waals surface area contributed by atoms with Gasteiger partial charge in [0.15, 0.2) is 0 Å². The number of hydrogen-bond donors (Lipinski definition) is 1. The van der Waals surface area contributed by atoms with E-state index >= 15 is 0 Å². The van der Waals surface area contributed by atoms with Gasteiger partial charge in [0.05, 0.1) is 0 Å². The van der Waals surface area contributed by atoms with E-state index in [1.165, 1.54) is 12.8 Å². The standard InChI is InChI=1S/C15H26N2O3/c18-14(19)8-7-13-6-5-11-17(12-13)15(20)16-9-3-1-2-4-10-16/h13H,1-12H2,(H,18,19). The third-order valence-corrected chi connectivity index (χ3v) is 4.43. The van der Waals surface area contributed by atoms with Gasteiger partial charge in [-0.15, -0.1) is 0 Å². The van der Waals surface area contributed by atoms with Crippen molar-refractivity contribution < 1.29 is 14.7 Å². The molecule has 114 valence electrons. The van der Waals surface area contributed by atoms with E-state index in [9.17, 15) is 9.59 Å². The smallest absolute Gasteiger partial charge is 0.320 e. The summed E-state index contributed by atoms with van der Waals surface area (Å²) in [5.74, 6) is -0.378. The van der Waals surface area contributed by atoms with Crippen LogP contribution in [0.3, 0.4) is 0 Å². The van der Waals surface area contributed by atoms with Crippen LogP contribution in [0.2, 0.25) is 0 Å². The van der Waals surface area contributed by atoms with E-state index in [1.54, 1.807) is 0 Å². The SMILES string of the molecule is O=C(O)CCC1CCCN(C(=O)N2CCCCCC2)C1. The van der Waals surface area contributed by atoms with Gasteiger partial charge in [0.1, 0.15) is 0 Å². The van der Waals surface area contributed by atoms with E-state index in [2.05, 4.69) is 0 Å². The molecule has 0 aliphatic carbocycles. The molecule has 2 heterocycles. The van der Waals surface area contributed by atoms with Crippen LogP contribution >= 0.6 is 0 Å². The number of carboxylic acids is 1. The second-order valence-corrected chi connectivity index (χ2v) is 6.07. The first kappa shape index (κ1) is 15.1. The van der Waals surface area contributed by atoms with Crippen LogP contribution in [0.25, 0.3) is 0 Å². The van der Waals surface area contributed by atoms with Gasteiger partial charge < -0.3 is 14.9 Å². The second-order valence-electron chi connectivity index (χ2n) is 6.07. The summed E-state index contributed by atoms with van der Waals surface area (Å²) in [5.41, 5.74) is 0. The van der Waals surface area contributed by atoms with E-state index in [1.807, 2.05) is 9.80 Å². The predicted octanol–water partition coefficient (Wildman–Crippen LogP) is 2.56. The number of aliphatic carboxylic acids is 1. The van der Waals surface area contributed by atoms with Gasteiger partial charge in [-0.05, 0) is 38.0 Å². The van der Waals surface area contributed by atoms with Crippen LogP contribution in [0.5, 0.6) is 0 Å². The van der Waals surface area contributed by atoms with E-state index in [0.29, 0.717) is 12.3 Å². The highest BCUT2D eigenvalue weighted by molar-refractivity contribution is 5.74. The lowest BCUT2D eigenvalue weighted by Gasteiger charge is -2.36. The van der Waals surface area contributed by atoms with Gasteiger partial charge >= 0.3 is 12.0 Å². The van der Waals surface area contributed by atoms with Crippen molar-refractivity contribution in [3.63, 3.8) is 0 Å². The highest BCUT2D eigenvalue weighted by Crippen LogP contribution is 2.22. The second kappa shape index (κ2) is 7.50. The monoisotopic (exact) mass is 282 g/mol. The molecule has 2 rings (SSSR count). The molecule has 0 aromatic rings. The van der Waals surface area contributed by atoms with Crippen LogP contribution in [0.15, 0.2) is 0 Å². The van der Waals surface area contributed by atoms with E-state index < -0.39 is 5.97 Å². The number of carbonyl (C=O) groups is 2. The van der Waals surface area contributed by atoms with Crippen molar-refractivity contribution >= 4 is 12.0 Å². The number of rotatable bonds is 3. The van der Waals surface area contributed by atoms with Crippen LogP contribution in [0.4, 0.5) is 4.79 Å². The van der Waals surface area contributed by atoms with Crippen LogP contribution < -0.4 is 0 Å². The number of carbonyl (C=O) groups excluding carboxylic acids is 1. The maximum atomic E-state index is 12.5. The Balaban J connectivity index is 1.83. The van der Waals surface area contributed by atoms with Gasteiger partial charge in [-0.25, -0.2) is 4.79 Å². The molecule has 0 bridgehead atoms. The fourth-order valence-electron chi connectivity index (χ4n) is 3.26. The van der Waals surface area contributed by atoms with Crippen molar-refractivity contribution in [2.24, 2.45) is 5.92 Å². The quantitative estimate of drug-likeness (QED) is 0.865. The fourth-order valence-corrected chi connectivity index (χ4v) is 3.26. The zero-order chi connectivity index (χ0) is 14.4. The lowest BCUT2D eigenvalue weighted by molar-refractivity contribution is -0.137. The first-order chi connectivity index (χ1) is 9.66. The van der Waals surface area contributed by atoms with Crippen molar-refractivity contribution in [2.75, 3.05) is 26.2 Å². The molecular weight excluding hydrogens is 256 g/mol. The molecule has 20 heavy (non-hydrogen) atoms. The first-order valence-corrected chi connectivity index (χ1v) is 7.92. The third-order valence-electron chi connectivity index (χ3n) is 4.43. The maximum Gasteiger partial charge on any atom is 0.320 e. The van der Waals surface area contributed by atoms with Crippen molar-refractivity contribution in [3.05, 3.63) is 0 Å². The number of carboxylic acid groups (broad SMARTS) is 1. The molecule has 5 nitrogen and oxygen atoms in total. The van der Waals surface area contributed by atoms with Crippen molar-refractivity contribution in [1.29, 1.82) is 0 Å². The van der Waals surface area contributed by atoms with Gasteiger partial charge in [-0.3, -0.25) is 4.79 Å². The Morgan fingerprint density at radius 3 is 2.25 bits per heavy atom. The zero-order valence-electron chi connectivity index (χ0n) is 12.2. The minimum absolute atomic E-state index is 0.173. The summed E-state index contributed by atoms with van der Waals surface area (Å²) in [6.45, 7) is 3.34. The zero-order valence-corrected chi connectivity index (χ0v) is 12.2. The summed E-state index contributed by atoms with van der Waals surface area (Å²) >= 11 is 0. The molecule has 0 aromatic heterocycles. The van der Waals surface area contributed by atoms with Gasteiger partial charge in [0.2, 0.25) is 0 Å². The molecule has 2 aliphatic heterocycles. The van der Waals surface area contributed by atoms with Gasteiger partial charge in [-0.2, -0.15) is 0 Å². The topological polar surface area (TPSA) is 60.9 Å². The first-order valence-electron chi connectivity index (χ1n) is 7.92. The summed E-state index contributed by atoms with van der Waals surface area (Å²) in [6.07, 6.45) is 7.65. The van der Waals surface area contributed by atoms with Gasteiger partial charge in [-0.1, -0.05) is 12.8 Å². The molecule has 2 amide bonds. The number of hydrogen-bond acceptors (Lipinski definition) is 2. The molecule has 2 aliphatic rings. The van der Waals surface area contributed by atoms with Crippen molar-refractivity contribution in [3.8, 4) is 0 Å². The Kier molecular flexibility index (Phi) is 5.68. The molecule has 2 fully saturated rings. The van der Waals surface area contributed by atoms with E-state index in [-0.39, 0.29) is 12.5 Å². The number of nitrogens with zero attached hydrogens (tertiary/aromatic N) is 2. The Morgan fingerprint density at radius 1 is 0.950 bits per heavy atom. The van der Waals surface area contributed by atoms with E-state index in [0.717, 1.165) is 51.9 Å². The lowest BCUT2D eigenvalue weighted by atomic mass is 9.93. The Hall–Kier alpha value is -1.26. The summed E-state index contributed by atoms with van der Waals surface area (Å²) in [5, 5.41) is 8.77. The predicted molar refractivity (Wildman–Crippen MR) is 76.6 cm³/mol. The Morgan fingerprint density at radius 2 is 1.60 bits per heavy atom. The molecule has 0 saturated carbocycles. The van der Waals surface area contributed by atoms with Crippen LogP contribution in [0, 0.1) is 5.92 Å². The summed E-state index contributed by atoms with van der Waals surface area (Å²) in [6, 6.07) is 0.173. The average molecular weight is 282 g/mol. The number of amides is 2. The van der Waals surface area contributed by atoms with Crippen LogP contribution in [0.1, 0.15) is 51.4 Å². The number of piperidine rings is 1. The molecule has 1 N–H and O–H groups in total. The minimum Gasteiger partial charge on any atom is -0.481 e. The normalized spacial score (nSPS) is 24.3. The van der Waals surface area contributed by atoms with Crippen LogP contribution in [-0.2, 0) is 4.79 Å². The van der Waals surface area contributed by atoms with Crippen LogP contribution in [-0.4, -0.2) is 53.1 Å². The molecule has 5 heteroatoms. The third kappa shape index (κ3) is 4.39. The highest BCUT2D eigenvalue weighted by Gasteiger charge is 2.27. The number of urea groups is 1. The molecular formula is C15H26N2O3. The van der Waals surface area contributed by atoms with Crippen molar-refractivity contribution in [2.45, 2.75) is 51.4 Å². The molecule has 1 atom stereocenters. The largest absolute Gasteiger partial charge is 0.481 e. The molecule has 2 saturated heterocycles. The molecule has 0 radical (unpaired) electrons.